The van der Waals surface area contributed by atoms with Gasteiger partial charge in [0.25, 0.3) is 5.91 Å². The average Bonchev–Trinajstić information content (AvgIpc) is 3.51. The van der Waals surface area contributed by atoms with Crippen molar-refractivity contribution in [2.45, 2.75) is 89.4 Å². The Labute approximate surface area is 270 Å². The van der Waals surface area contributed by atoms with Crippen LogP contribution in [0.15, 0.2) is 24.3 Å². The van der Waals surface area contributed by atoms with Crippen molar-refractivity contribution in [2.24, 2.45) is 5.92 Å². The number of thioether (sulfide) groups is 2. The Morgan fingerprint density at radius 1 is 1.02 bits per heavy atom. The highest BCUT2D eigenvalue weighted by molar-refractivity contribution is 7.99. The number of hydrogen-bond donors (Lipinski definition) is 2. The molecule has 0 aromatic heterocycles. The first-order chi connectivity index (χ1) is 21.0. The van der Waals surface area contributed by atoms with E-state index in [0.29, 0.717) is 60.5 Å². The van der Waals surface area contributed by atoms with Crippen molar-refractivity contribution >= 4 is 47.3 Å². The Balaban J connectivity index is 1.34. The minimum atomic E-state index is -0.721. The van der Waals surface area contributed by atoms with Crippen LogP contribution in [-0.2, 0) is 14.3 Å². The molecule has 2 N–H and O–H groups in total. The van der Waals surface area contributed by atoms with E-state index in [1.54, 1.807) is 63.9 Å². The van der Waals surface area contributed by atoms with Crippen LogP contribution in [-0.4, -0.2) is 101 Å². The fourth-order valence-corrected chi connectivity index (χ4v) is 8.18. The van der Waals surface area contributed by atoms with Crippen molar-refractivity contribution in [3.63, 3.8) is 0 Å². The number of carbonyl (C=O) groups excluding carboxylic acids is 4. The molecule has 10 nitrogen and oxygen atoms in total. The summed E-state index contributed by atoms with van der Waals surface area (Å²) in [5, 5.41) is 6.13. The predicted molar refractivity (Wildman–Crippen MR) is 175 cm³/mol. The van der Waals surface area contributed by atoms with E-state index in [9.17, 15) is 19.2 Å². The summed E-state index contributed by atoms with van der Waals surface area (Å²) in [5.41, 5.74) is -0.0604. The number of likely N-dealkylation sites (tertiary alicyclic amines) is 1. The van der Waals surface area contributed by atoms with E-state index >= 15 is 0 Å². The highest BCUT2D eigenvalue weighted by atomic mass is 32.2. The van der Waals surface area contributed by atoms with Crippen molar-refractivity contribution in [1.29, 1.82) is 0 Å². The van der Waals surface area contributed by atoms with Gasteiger partial charge >= 0.3 is 6.09 Å². The third-order valence-corrected chi connectivity index (χ3v) is 10.6. The lowest BCUT2D eigenvalue weighted by atomic mass is 9.91. The van der Waals surface area contributed by atoms with Crippen LogP contribution in [0.4, 0.5) is 4.79 Å². The van der Waals surface area contributed by atoms with E-state index in [2.05, 4.69) is 10.6 Å². The van der Waals surface area contributed by atoms with Gasteiger partial charge < -0.3 is 25.0 Å². The average molecular weight is 649 g/mol. The molecule has 12 heteroatoms. The van der Waals surface area contributed by atoms with E-state index in [4.69, 9.17) is 9.47 Å². The zero-order valence-corrected chi connectivity index (χ0v) is 28.1. The van der Waals surface area contributed by atoms with Crippen LogP contribution in [0.2, 0.25) is 0 Å². The summed E-state index contributed by atoms with van der Waals surface area (Å²) >= 11 is 3.21. The standard InChI is InChI=1S/C32H48N4O6S2/c1-32(2,3)42-31(40)36-21-44-20-27(36)29(38)34-26(19-43-18-22-8-6-5-7-9-22)28(37)33-24-14-16-35(17-15-24)30(39)23-10-12-25(41-4)13-11-23/h10-13,22,24,26-27H,5-9,14-21H2,1-4H3,(H,33,37)(H,34,38)/t26?,27-/m0/s1. The number of piperidine rings is 1. The van der Waals surface area contributed by atoms with Gasteiger partial charge in [-0.25, -0.2) is 4.79 Å². The monoisotopic (exact) mass is 648 g/mol. The molecule has 1 unspecified atom stereocenters. The normalized spacial score (nSPS) is 20.6. The van der Waals surface area contributed by atoms with Gasteiger partial charge in [0.05, 0.1) is 13.0 Å². The van der Waals surface area contributed by atoms with Crippen LogP contribution in [0, 0.1) is 5.92 Å². The van der Waals surface area contributed by atoms with Crippen LogP contribution in [0.1, 0.15) is 76.1 Å². The van der Waals surface area contributed by atoms with E-state index < -0.39 is 23.8 Å². The highest BCUT2D eigenvalue weighted by Crippen LogP contribution is 2.28. The first kappa shape index (κ1) is 34.3. The number of amides is 4. The zero-order valence-electron chi connectivity index (χ0n) is 26.5. The number of nitrogens with zero attached hydrogens (tertiary/aromatic N) is 2. The topological polar surface area (TPSA) is 117 Å². The summed E-state index contributed by atoms with van der Waals surface area (Å²) < 4.78 is 10.7. The van der Waals surface area contributed by atoms with Gasteiger partial charge in [-0.1, -0.05) is 19.3 Å². The Bertz CT molecular complexity index is 1130. The highest BCUT2D eigenvalue weighted by Gasteiger charge is 2.39. The Morgan fingerprint density at radius 3 is 2.34 bits per heavy atom. The van der Waals surface area contributed by atoms with Gasteiger partial charge in [-0.15, -0.1) is 11.8 Å². The molecule has 1 aliphatic carbocycles. The Kier molecular flexibility index (Phi) is 12.5. The number of carbonyl (C=O) groups is 4. The lowest BCUT2D eigenvalue weighted by Crippen LogP contribution is -2.57. The number of nitrogens with one attached hydrogen (secondary N) is 2. The summed E-state index contributed by atoms with van der Waals surface area (Å²) in [6, 6.07) is 5.57. The second-order valence-corrected chi connectivity index (χ2v) is 14.9. The molecule has 4 amide bonds. The maximum absolute atomic E-state index is 13.6. The quantitative estimate of drug-likeness (QED) is 0.381. The van der Waals surface area contributed by atoms with Gasteiger partial charge in [0.15, 0.2) is 0 Å². The van der Waals surface area contributed by atoms with Gasteiger partial charge in [-0.05, 0) is 82.4 Å². The molecule has 2 heterocycles. The Hall–Kier alpha value is -2.60. The molecule has 3 fully saturated rings. The molecule has 2 atom stereocenters. The first-order valence-corrected chi connectivity index (χ1v) is 18.0. The smallest absolute Gasteiger partial charge is 0.411 e. The molecule has 3 aliphatic rings. The van der Waals surface area contributed by atoms with Crippen LogP contribution >= 0.6 is 23.5 Å². The van der Waals surface area contributed by atoms with E-state index in [1.807, 2.05) is 4.90 Å². The molecule has 0 radical (unpaired) electrons. The van der Waals surface area contributed by atoms with Crippen molar-refractivity contribution in [3.05, 3.63) is 29.8 Å². The summed E-state index contributed by atoms with van der Waals surface area (Å²) in [7, 11) is 1.59. The molecule has 1 saturated carbocycles. The number of ether oxygens (including phenoxy) is 2. The SMILES string of the molecule is COc1ccc(C(=O)N2CCC(NC(=O)C(CSCC3CCCCC3)NC(=O)[C@@H]3CSCN3C(=O)OC(C)(C)C)CC2)cc1. The zero-order chi connectivity index (χ0) is 31.7. The summed E-state index contributed by atoms with van der Waals surface area (Å²) in [4.78, 5) is 56.1. The molecule has 1 aromatic carbocycles. The number of methoxy groups -OCH3 is 1. The molecular weight excluding hydrogens is 601 g/mol. The maximum atomic E-state index is 13.6. The molecule has 244 valence electrons. The lowest BCUT2D eigenvalue weighted by Gasteiger charge is -2.33. The van der Waals surface area contributed by atoms with E-state index in [1.165, 1.54) is 48.8 Å². The second-order valence-electron chi connectivity index (χ2n) is 12.9. The van der Waals surface area contributed by atoms with Crippen LogP contribution in [0.3, 0.4) is 0 Å². The third-order valence-electron chi connectivity index (χ3n) is 8.27. The fraction of sp³-hybridized carbons (Fsp3) is 0.688. The molecular formula is C32H48N4O6S2. The maximum Gasteiger partial charge on any atom is 0.411 e. The van der Waals surface area contributed by atoms with Crippen LogP contribution in [0.25, 0.3) is 0 Å². The number of benzene rings is 1. The largest absolute Gasteiger partial charge is 0.497 e. The minimum Gasteiger partial charge on any atom is -0.497 e. The van der Waals surface area contributed by atoms with Crippen molar-refractivity contribution in [2.75, 3.05) is 43.3 Å². The molecule has 0 spiro atoms. The summed E-state index contributed by atoms with van der Waals surface area (Å²) in [6.45, 7) is 6.46. The molecule has 44 heavy (non-hydrogen) atoms. The van der Waals surface area contributed by atoms with Crippen molar-refractivity contribution < 1.29 is 28.7 Å². The second kappa shape index (κ2) is 16.1. The van der Waals surface area contributed by atoms with Crippen LogP contribution in [0.5, 0.6) is 5.75 Å². The van der Waals surface area contributed by atoms with Gasteiger partial charge in [0.2, 0.25) is 11.8 Å². The molecule has 4 rings (SSSR count). The van der Waals surface area contributed by atoms with Gasteiger partial charge in [0, 0.05) is 36.2 Å². The molecule has 0 bridgehead atoms. The van der Waals surface area contributed by atoms with Crippen molar-refractivity contribution in [1.82, 2.24) is 20.4 Å². The first-order valence-electron chi connectivity index (χ1n) is 15.7. The predicted octanol–water partition coefficient (Wildman–Crippen LogP) is 4.52. The third kappa shape index (κ3) is 9.95. The van der Waals surface area contributed by atoms with Gasteiger partial charge in [-0.3, -0.25) is 19.3 Å². The summed E-state index contributed by atoms with van der Waals surface area (Å²) in [6.07, 6.45) is 6.98. The van der Waals surface area contributed by atoms with Crippen molar-refractivity contribution in [3.8, 4) is 5.75 Å². The summed E-state index contributed by atoms with van der Waals surface area (Å²) in [5.74, 6) is 3.02. The molecule has 2 aliphatic heterocycles. The van der Waals surface area contributed by atoms with Gasteiger partial charge in [0.1, 0.15) is 23.4 Å². The number of hydrogen-bond acceptors (Lipinski definition) is 8. The number of rotatable bonds is 10. The Morgan fingerprint density at radius 2 is 1.70 bits per heavy atom. The molecule has 2 saturated heterocycles. The van der Waals surface area contributed by atoms with Crippen LogP contribution < -0.4 is 15.4 Å². The molecule has 1 aromatic rings. The van der Waals surface area contributed by atoms with E-state index in [0.717, 1.165) is 5.75 Å². The van der Waals surface area contributed by atoms with Gasteiger partial charge in [-0.2, -0.15) is 11.8 Å². The van der Waals surface area contributed by atoms with E-state index in [-0.39, 0.29) is 23.8 Å². The fourth-order valence-electron chi connectivity index (χ4n) is 5.76. The minimum absolute atomic E-state index is 0.0364. The lowest BCUT2D eigenvalue weighted by molar-refractivity contribution is -0.131.